The van der Waals surface area contributed by atoms with Crippen LogP contribution in [0, 0.1) is 35.0 Å². The first-order valence-corrected chi connectivity index (χ1v) is 19.4. The number of esters is 1. The van der Waals surface area contributed by atoms with E-state index in [0.717, 1.165) is 50.6 Å². The lowest BCUT2D eigenvalue weighted by molar-refractivity contribution is -0.136. The summed E-state index contributed by atoms with van der Waals surface area (Å²) in [5.74, 6) is -13.6. The first kappa shape index (κ1) is 41.3. The molecule has 1 atom stereocenters. The van der Waals surface area contributed by atoms with Gasteiger partial charge in [0.05, 0.1) is 6.54 Å². The first-order valence-electron chi connectivity index (χ1n) is 19.4. The third kappa shape index (κ3) is 10.2. The van der Waals surface area contributed by atoms with Crippen LogP contribution in [0.2, 0.25) is 0 Å². The number of rotatable bonds is 10. The molecule has 4 fully saturated rings. The molecule has 1 aliphatic carbocycles. The molecule has 1 saturated carbocycles. The van der Waals surface area contributed by atoms with Crippen molar-refractivity contribution in [3.8, 4) is 5.75 Å². The van der Waals surface area contributed by atoms with Gasteiger partial charge in [-0.3, -0.25) is 29.1 Å². The van der Waals surface area contributed by atoms with E-state index in [4.69, 9.17) is 4.74 Å². The summed E-state index contributed by atoms with van der Waals surface area (Å²) < 4.78 is 78.2. The average molecular weight is 792 g/mol. The molecule has 0 radical (unpaired) electrons. The molecule has 1 unspecified atom stereocenters. The van der Waals surface area contributed by atoms with Crippen LogP contribution in [0.5, 0.6) is 5.75 Å². The van der Waals surface area contributed by atoms with Crippen LogP contribution in [0.15, 0.2) is 24.3 Å². The van der Waals surface area contributed by atoms with E-state index in [1.807, 2.05) is 54.8 Å². The molecule has 0 N–H and O–H groups in total. The SMILES string of the molecule is CC(C)(C)OC(=O)N(CC(=O)N1CCCC(c2cccc(C(=O)N3CCN(CC4CCN(CC(=O)Oc5c(F)c(F)c(F)c(F)c5F)CC4)CC3)c2)C1)C1CC1. The molecule has 6 rings (SSSR count). The summed E-state index contributed by atoms with van der Waals surface area (Å²) in [6, 6.07) is 7.70. The fraction of sp³-hybridized carbons (Fsp3) is 0.600. The van der Waals surface area contributed by atoms with Crippen LogP contribution >= 0.6 is 0 Å². The number of hydrogen-bond acceptors (Lipinski definition) is 8. The van der Waals surface area contributed by atoms with E-state index in [2.05, 4.69) is 9.64 Å². The molecule has 4 aliphatic rings. The molecule has 2 aromatic carbocycles. The largest absolute Gasteiger partial charge is 0.444 e. The molecular formula is C40H50F5N5O6. The summed E-state index contributed by atoms with van der Waals surface area (Å²) in [5, 5.41) is 0. The second-order valence-corrected chi connectivity index (χ2v) is 16.3. The normalized spacial score (nSPS) is 20.2. The summed E-state index contributed by atoms with van der Waals surface area (Å²) in [7, 11) is 0. The Morgan fingerprint density at radius 1 is 0.768 bits per heavy atom. The summed E-state index contributed by atoms with van der Waals surface area (Å²) in [6.07, 6.45) is 4.44. The van der Waals surface area contributed by atoms with Crippen molar-refractivity contribution in [2.75, 3.05) is 72.0 Å². The Balaban J connectivity index is 0.937. The number of benzene rings is 2. The highest BCUT2D eigenvalue weighted by atomic mass is 19.2. The smallest absolute Gasteiger partial charge is 0.411 e. The average Bonchev–Trinajstić information content (AvgIpc) is 4.03. The number of ether oxygens (including phenoxy) is 2. The summed E-state index contributed by atoms with van der Waals surface area (Å²) >= 11 is 0. The van der Waals surface area contributed by atoms with Crippen molar-refractivity contribution in [3.63, 3.8) is 0 Å². The lowest BCUT2D eigenvalue weighted by Gasteiger charge is -2.38. The minimum absolute atomic E-state index is 0.00676. The van der Waals surface area contributed by atoms with E-state index in [0.29, 0.717) is 63.8 Å². The van der Waals surface area contributed by atoms with E-state index in [1.165, 1.54) is 0 Å². The number of likely N-dealkylation sites (tertiary alicyclic amines) is 2. The Kier molecular flexibility index (Phi) is 12.9. The standard InChI is InChI=1S/C40H50F5N5O6/c1-40(2,3)56-39(54)50(29-9-10-29)23-30(51)49-13-5-8-28(22-49)26-6-4-7-27(20-26)38(53)48-18-16-47(17-19-48)21-25-11-14-46(15-12-25)24-31(52)55-37-35(44)33(42)32(41)34(43)36(37)45/h4,6-7,20,25,28-29H,5,8-19,21-24H2,1-3H3. The van der Waals surface area contributed by atoms with Crippen LogP contribution < -0.4 is 4.74 Å². The second kappa shape index (κ2) is 17.5. The highest BCUT2D eigenvalue weighted by molar-refractivity contribution is 5.94. The van der Waals surface area contributed by atoms with Crippen LogP contribution in [-0.4, -0.2) is 132 Å². The van der Waals surface area contributed by atoms with Crippen LogP contribution in [-0.2, 0) is 14.3 Å². The summed E-state index contributed by atoms with van der Waals surface area (Å²) in [5.41, 5.74) is 0.968. The van der Waals surface area contributed by atoms with E-state index < -0.39 is 52.5 Å². The van der Waals surface area contributed by atoms with E-state index in [9.17, 15) is 41.1 Å². The van der Waals surface area contributed by atoms with Gasteiger partial charge in [-0.15, -0.1) is 0 Å². The molecule has 3 aliphatic heterocycles. The number of nitrogens with zero attached hydrogens (tertiary/aromatic N) is 5. The minimum atomic E-state index is -2.32. The number of halogens is 5. The van der Waals surface area contributed by atoms with Crippen molar-refractivity contribution in [2.24, 2.45) is 5.92 Å². The molecule has 2 aromatic rings. The quantitative estimate of drug-likeness (QED) is 0.101. The van der Waals surface area contributed by atoms with Gasteiger partial charge in [0, 0.05) is 63.3 Å². The monoisotopic (exact) mass is 791 g/mol. The predicted octanol–water partition coefficient (Wildman–Crippen LogP) is 5.56. The van der Waals surface area contributed by atoms with Crippen molar-refractivity contribution in [1.29, 1.82) is 0 Å². The van der Waals surface area contributed by atoms with Crippen LogP contribution in [0.3, 0.4) is 0 Å². The molecule has 16 heteroatoms. The first-order chi connectivity index (χ1) is 26.6. The Hall–Kier alpha value is -4.31. The van der Waals surface area contributed by atoms with Gasteiger partial charge < -0.3 is 19.3 Å². The number of carbonyl (C=O) groups excluding carboxylic acids is 4. The van der Waals surface area contributed by atoms with E-state index in [-0.39, 0.29) is 36.9 Å². The maximum atomic E-state index is 13.9. The highest BCUT2D eigenvalue weighted by Gasteiger charge is 2.38. The molecule has 0 bridgehead atoms. The Bertz CT molecular complexity index is 1760. The third-order valence-electron chi connectivity index (χ3n) is 10.9. The lowest BCUT2D eigenvalue weighted by atomic mass is 9.89. The van der Waals surface area contributed by atoms with Gasteiger partial charge in [-0.25, -0.2) is 18.0 Å². The van der Waals surface area contributed by atoms with Crippen molar-refractivity contribution >= 4 is 23.9 Å². The Morgan fingerprint density at radius 3 is 2.04 bits per heavy atom. The Morgan fingerprint density at radius 2 is 1.41 bits per heavy atom. The molecule has 56 heavy (non-hydrogen) atoms. The van der Waals surface area contributed by atoms with E-state index in [1.54, 1.807) is 9.80 Å². The van der Waals surface area contributed by atoms with Gasteiger partial charge in [0.2, 0.25) is 40.7 Å². The fourth-order valence-corrected chi connectivity index (χ4v) is 7.71. The van der Waals surface area contributed by atoms with E-state index >= 15 is 0 Å². The predicted molar refractivity (Wildman–Crippen MR) is 194 cm³/mol. The minimum Gasteiger partial charge on any atom is -0.444 e. The van der Waals surface area contributed by atoms with Crippen molar-refractivity contribution in [2.45, 2.75) is 76.9 Å². The zero-order valence-corrected chi connectivity index (χ0v) is 32.1. The molecule has 3 heterocycles. The fourth-order valence-electron chi connectivity index (χ4n) is 7.71. The maximum absolute atomic E-state index is 13.9. The lowest BCUT2D eigenvalue weighted by Crippen LogP contribution is -2.50. The van der Waals surface area contributed by atoms with Gasteiger partial charge in [0.25, 0.3) is 5.91 Å². The summed E-state index contributed by atoms with van der Waals surface area (Å²) in [6.45, 7) is 10.5. The molecule has 306 valence electrons. The van der Waals surface area contributed by atoms with Gasteiger partial charge in [0.15, 0.2) is 0 Å². The molecule has 3 saturated heterocycles. The molecule has 3 amide bonds. The number of carbonyl (C=O) groups is 4. The van der Waals surface area contributed by atoms with Crippen LogP contribution in [0.4, 0.5) is 26.7 Å². The molecule has 0 spiro atoms. The zero-order valence-electron chi connectivity index (χ0n) is 32.1. The van der Waals surface area contributed by atoms with Crippen LogP contribution in [0.25, 0.3) is 0 Å². The summed E-state index contributed by atoms with van der Waals surface area (Å²) in [4.78, 5) is 61.5. The van der Waals surface area contributed by atoms with Crippen molar-refractivity contribution < 1.29 is 50.6 Å². The number of piperidine rings is 2. The molecule has 11 nitrogen and oxygen atoms in total. The molecule has 0 aromatic heterocycles. The van der Waals surface area contributed by atoms with Crippen molar-refractivity contribution in [1.82, 2.24) is 24.5 Å². The number of amides is 3. The van der Waals surface area contributed by atoms with Crippen molar-refractivity contribution in [3.05, 3.63) is 64.5 Å². The van der Waals surface area contributed by atoms with Gasteiger partial charge in [-0.05, 0) is 96.0 Å². The highest BCUT2D eigenvalue weighted by Crippen LogP contribution is 2.32. The second-order valence-electron chi connectivity index (χ2n) is 16.3. The van der Waals surface area contributed by atoms with Gasteiger partial charge in [0.1, 0.15) is 12.1 Å². The zero-order chi connectivity index (χ0) is 40.3. The van der Waals surface area contributed by atoms with Gasteiger partial charge in [-0.2, -0.15) is 8.78 Å². The Labute approximate surface area is 323 Å². The number of piperazine rings is 1. The van der Waals surface area contributed by atoms with Crippen LogP contribution in [0.1, 0.15) is 81.1 Å². The maximum Gasteiger partial charge on any atom is 0.411 e. The third-order valence-corrected chi connectivity index (χ3v) is 10.9. The van der Waals surface area contributed by atoms with Gasteiger partial charge in [-0.1, -0.05) is 12.1 Å². The molecular weight excluding hydrogens is 741 g/mol. The number of hydrogen-bond donors (Lipinski definition) is 0. The van der Waals surface area contributed by atoms with Gasteiger partial charge >= 0.3 is 12.1 Å². The topological polar surface area (TPSA) is 103 Å².